The number of rotatable bonds is 10. The SMILES string of the molecule is CCNC(=NCCCOC1CCOC1)NCCC(=O)N1CCN(c2ccc(F)cc2)CC1.I. The highest BCUT2D eigenvalue weighted by Crippen LogP contribution is 2.17. The first-order valence-corrected chi connectivity index (χ1v) is 11.7. The molecule has 0 aliphatic carbocycles. The molecule has 0 spiro atoms. The Morgan fingerprint density at radius 2 is 1.97 bits per heavy atom. The van der Waals surface area contributed by atoms with Crippen LogP contribution in [-0.4, -0.2) is 88.5 Å². The van der Waals surface area contributed by atoms with E-state index in [9.17, 15) is 9.18 Å². The second-order valence-electron chi connectivity index (χ2n) is 7.99. The van der Waals surface area contributed by atoms with Crippen LogP contribution in [-0.2, 0) is 14.3 Å². The Bertz CT molecular complexity index is 723. The average molecular weight is 577 g/mol. The van der Waals surface area contributed by atoms with Crippen LogP contribution in [0.4, 0.5) is 10.1 Å². The summed E-state index contributed by atoms with van der Waals surface area (Å²) >= 11 is 0. The number of nitrogens with one attached hydrogen (secondary N) is 2. The minimum atomic E-state index is -0.233. The number of piperazine rings is 1. The topological polar surface area (TPSA) is 78.4 Å². The number of carbonyl (C=O) groups excluding carboxylic acids is 1. The third kappa shape index (κ3) is 9.62. The lowest BCUT2D eigenvalue weighted by Crippen LogP contribution is -2.49. The molecule has 0 aromatic heterocycles. The van der Waals surface area contributed by atoms with Crippen molar-refractivity contribution in [2.45, 2.75) is 32.3 Å². The molecule has 1 aromatic carbocycles. The number of carbonyl (C=O) groups is 1. The van der Waals surface area contributed by atoms with Gasteiger partial charge in [-0.2, -0.15) is 0 Å². The van der Waals surface area contributed by atoms with Gasteiger partial charge in [-0.05, 0) is 44.0 Å². The van der Waals surface area contributed by atoms with Gasteiger partial charge in [0.2, 0.25) is 5.91 Å². The smallest absolute Gasteiger partial charge is 0.224 e. The van der Waals surface area contributed by atoms with Gasteiger partial charge in [0.25, 0.3) is 0 Å². The standard InChI is InChI=1S/C23H36FN5O3.HI/c1-2-25-23(26-10-3-16-32-21-9-17-31-18-21)27-11-8-22(30)29-14-12-28(13-15-29)20-6-4-19(24)5-7-20;/h4-7,21H,2-3,8-18H2,1H3,(H2,25,26,27);1H. The molecule has 1 unspecified atom stereocenters. The van der Waals surface area contributed by atoms with Crippen molar-refractivity contribution in [3.05, 3.63) is 30.1 Å². The van der Waals surface area contributed by atoms with Crippen molar-refractivity contribution >= 4 is 41.5 Å². The normalized spacial score (nSPS) is 18.7. The Morgan fingerprint density at radius 1 is 1.21 bits per heavy atom. The number of guanidine groups is 1. The molecule has 0 saturated carbocycles. The number of aliphatic imine (C=N–C) groups is 1. The summed E-state index contributed by atoms with van der Waals surface area (Å²) < 4.78 is 24.2. The minimum Gasteiger partial charge on any atom is -0.379 e. The molecule has 10 heteroatoms. The van der Waals surface area contributed by atoms with Crippen molar-refractivity contribution < 1.29 is 18.7 Å². The fraction of sp³-hybridized carbons (Fsp3) is 0.652. The molecule has 0 bridgehead atoms. The summed E-state index contributed by atoms with van der Waals surface area (Å²) in [7, 11) is 0. The van der Waals surface area contributed by atoms with Gasteiger partial charge >= 0.3 is 0 Å². The van der Waals surface area contributed by atoms with Crippen LogP contribution in [0.25, 0.3) is 0 Å². The molecule has 2 aliphatic rings. The van der Waals surface area contributed by atoms with Gasteiger partial charge in [0.15, 0.2) is 5.96 Å². The number of hydrogen-bond acceptors (Lipinski definition) is 5. The number of nitrogens with zero attached hydrogens (tertiary/aromatic N) is 3. The van der Waals surface area contributed by atoms with Gasteiger partial charge in [0.1, 0.15) is 5.82 Å². The van der Waals surface area contributed by atoms with E-state index >= 15 is 0 Å². The van der Waals surface area contributed by atoms with Gasteiger partial charge < -0.3 is 29.9 Å². The Kier molecular flexibility index (Phi) is 12.8. The lowest BCUT2D eigenvalue weighted by molar-refractivity contribution is -0.131. The van der Waals surface area contributed by atoms with Crippen LogP contribution >= 0.6 is 24.0 Å². The lowest BCUT2D eigenvalue weighted by atomic mass is 10.2. The van der Waals surface area contributed by atoms with Gasteiger partial charge in [-0.15, -0.1) is 24.0 Å². The predicted molar refractivity (Wildman–Crippen MR) is 139 cm³/mol. The van der Waals surface area contributed by atoms with Gasteiger partial charge in [-0.25, -0.2) is 4.39 Å². The Balaban J connectivity index is 0.00000385. The van der Waals surface area contributed by atoms with E-state index in [1.54, 1.807) is 12.1 Å². The third-order valence-corrected chi connectivity index (χ3v) is 5.61. The summed E-state index contributed by atoms with van der Waals surface area (Å²) in [6.45, 7) is 9.02. The molecule has 3 rings (SSSR count). The number of anilines is 1. The molecule has 186 valence electrons. The summed E-state index contributed by atoms with van der Waals surface area (Å²) in [6.07, 6.45) is 2.48. The van der Waals surface area contributed by atoms with E-state index in [0.29, 0.717) is 45.8 Å². The Labute approximate surface area is 213 Å². The lowest BCUT2D eigenvalue weighted by Gasteiger charge is -2.36. The predicted octanol–water partition coefficient (Wildman–Crippen LogP) is 2.23. The fourth-order valence-corrected chi connectivity index (χ4v) is 3.80. The number of halogens is 2. The molecule has 2 fully saturated rings. The van der Waals surface area contributed by atoms with Gasteiger partial charge in [0, 0.05) is 71.1 Å². The van der Waals surface area contributed by atoms with Crippen molar-refractivity contribution in [1.82, 2.24) is 15.5 Å². The molecule has 1 aromatic rings. The largest absolute Gasteiger partial charge is 0.379 e. The van der Waals surface area contributed by atoms with Crippen LogP contribution in [0.3, 0.4) is 0 Å². The molecule has 2 saturated heterocycles. The van der Waals surface area contributed by atoms with E-state index < -0.39 is 0 Å². The van der Waals surface area contributed by atoms with E-state index in [4.69, 9.17) is 9.47 Å². The summed E-state index contributed by atoms with van der Waals surface area (Å²) in [6, 6.07) is 6.51. The van der Waals surface area contributed by atoms with Crippen LogP contribution in [0.2, 0.25) is 0 Å². The number of benzene rings is 1. The van der Waals surface area contributed by atoms with Crippen molar-refractivity contribution in [1.29, 1.82) is 0 Å². The zero-order chi connectivity index (χ0) is 22.6. The highest BCUT2D eigenvalue weighted by molar-refractivity contribution is 14.0. The number of amides is 1. The minimum absolute atomic E-state index is 0. The Morgan fingerprint density at radius 3 is 2.64 bits per heavy atom. The van der Waals surface area contributed by atoms with Crippen molar-refractivity contribution in [2.24, 2.45) is 4.99 Å². The van der Waals surface area contributed by atoms with E-state index in [0.717, 1.165) is 50.7 Å². The number of hydrogen-bond donors (Lipinski definition) is 2. The van der Waals surface area contributed by atoms with Crippen LogP contribution in [0.1, 0.15) is 26.2 Å². The molecular weight excluding hydrogens is 540 g/mol. The second-order valence-corrected chi connectivity index (χ2v) is 7.99. The summed E-state index contributed by atoms with van der Waals surface area (Å²) in [5, 5.41) is 6.46. The Hall–Kier alpha value is -1.66. The maximum Gasteiger partial charge on any atom is 0.224 e. The summed E-state index contributed by atoms with van der Waals surface area (Å²) in [4.78, 5) is 21.2. The zero-order valence-corrected chi connectivity index (χ0v) is 21.8. The number of ether oxygens (including phenoxy) is 2. The van der Waals surface area contributed by atoms with Crippen molar-refractivity contribution in [2.75, 3.05) is 70.5 Å². The van der Waals surface area contributed by atoms with Gasteiger partial charge in [-0.1, -0.05) is 0 Å². The van der Waals surface area contributed by atoms with E-state index in [2.05, 4.69) is 20.5 Å². The first kappa shape index (κ1) is 27.6. The van der Waals surface area contributed by atoms with Gasteiger partial charge in [-0.3, -0.25) is 9.79 Å². The first-order valence-electron chi connectivity index (χ1n) is 11.7. The molecule has 33 heavy (non-hydrogen) atoms. The van der Waals surface area contributed by atoms with Crippen molar-refractivity contribution in [3.63, 3.8) is 0 Å². The highest BCUT2D eigenvalue weighted by atomic mass is 127. The van der Waals surface area contributed by atoms with E-state index in [1.807, 2.05) is 11.8 Å². The zero-order valence-electron chi connectivity index (χ0n) is 19.4. The molecule has 0 radical (unpaired) electrons. The molecule has 2 heterocycles. The van der Waals surface area contributed by atoms with E-state index in [1.165, 1.54) is 12.1 Å². The fourth-order valence-electron chi connectivity index (χ4n) is 3.80. The molecule has 2 aliphatic heterocycles. The van der Waals surface area contributed by atoms with Crippen LogP contribution in [0.5, 0.6) is 0 Å². The molecule has 2 N–H and O–H groups in total. The summed E-state index contributed by atoms with van der Waals surface area (Å²) in [5.41, 5.74) is 0.994. The second kappa shape index (κ2) is 15.3. The monoisotopic (exact) mass is 577 g/mol. The quantitative estimate of drug-likeness (QED) is 0.192. The molecule has 8 nitrogen and oxygen atoms in total. The van der Waals surface area contributed by atoms with E-state index in [-0.39, 0.29) is 41.8 Å². The highest BCUT2D eigenvalue weighted by Gasteiger charge is 2.21. The first-order chi connectivity index (χ1) is 15.7. The molecule has 1 amide bonds. The van der Waals surface area contributed by atoms with Crippen molar-refractivity contribution in [3.8, 4) is 0 Å². The third-order valence-electron chi connectivity index (χ3n) is 5.61. The van der Waals surface area contributed by atoms with Crippen LogP contribution < -0.4 is 15.5 Å². The van der Waals surface area contributed by atoms with Crippen LogP contribution in [0, 0.1) is 5.82 Å². The summed E-state index contributed by atoms with van der Waals surface area (Å²) in [5.74, 6) is 0.632. The maximum atomic E-state index is 13.1. The maximum absolute atomic E-state index is 13.1. The molecule has 1 atom stereocenters. The average Bonchev–Trinajstić information content (AvgIpc) is 3.33. The van der Waals surface area contributed by atoms with Crippen LogP contribution in [0.15, 0.2) is 29.3 Å². The molecular formula is C23H37FIN5O3. The van der Waals surface area contributed by atoms with Gasteiger partial charge in [0.05, 0.1) is 12.7 Å².